The van der Waals surface area contributed by atoms with E-state index in [1.165, 1.54) is 122 Å². The summed E-state index contributed by atoms with van der Waals surface area (Å²) < 4.78 is 6.89. The van der Waals surface area contributed by atoms with Crippen molar-refractivity contribution in [2.75, 3.05) is 0 Å². The molecule has 0 spiro atoms. The molecule has 0 amide bonds. The zero-order valence-corrected chi connectivity index (χ0v) is 27.9. The standard InChI is InChI=1S/C20H35S.3C4H9.Sn/c1-3-5-7-9-10-12-14-19(13-11-8-6-4-2)17-20-15-16-21-18-20;3*1-3-4-2;/h15-16,19H,3-14,17H2,1-2H3;3*1,3-4H2,2H3;. The van der Waals surface area contributed by atoms with Crippen molar-refractivity contribution in [3.63, 3.8) is 0 Å². The quantitative estimate of drug-likeness (QED) is 0.0822. The summed E-state index contributed by atoms with van der Waals surface area (Å²) >= 11 is -0.0962. The Morgan fingerprint density at radius 3 is 1.53 bits per heavy atom. The van der Waals surface area contributed by atoms with Crippen molar-refractivity contribution in [1.82, 2.24) is 0 Å². The monoisotopic (exact) mass is 598 g/mol. The number of unbranched alkanes of at least 4 members (excludes halogenated alkanes) is 11. The molecule has 1 heterocycles. The van der Waals surface area contributed by atoms with Crippen LogP contribution in [0.25, 0.3) is 0 Å². The minimum atomic E-state index is -2.31. The van der Waals surface area contributed by atoms with Gasteiger partial charge in [0.05, 0.1) is 0 Å². The van der Waals surface area contributed by atoms with Gasteiger partial charge in [-0.1, -0.05) is 0 Å². The van der Waals surface area contributed by atoms with Crippen LogP contribution in [0.2, 0.25) is 13.3 Å². The van der Waals surface area contributed by atoms with Crippen LogP contribution in [0.3, 0.4) is 0 Å². The first-order valence-corrected chi connectivity index (χ1v) is 24.1. The zero-order chi connectivity index (χ0) is 24.9. The molecule has 0 N–H and O–H groups in total. The topological polar surface area (TPSA) is 0 Å². The number of thiophene rings is 1. The summed E-state index contributed by atoms with van der Waals surface area (Å²) in [7, 11) is 0. The maximum absolute atomic E-state index is 2.59. The third-order valence-electron chi connectivity index (χ3n) is 8.20. The molecule has 1 aromatic rings. The van der Waals surface area contributed by atoms with Crippen molar-refractivity contribution in [3.8, 4) is 0 Å². The van der Waals surface area contributed by atoms with E-state index < -0.39 is 18.4 Å². The van der Waals surface area contributed by atoms with E-state index in [1.807, 2.05) is 8.46 Å². The van der Waals surface area contributed by atoms with Crippen molar-refractivity contribution in [2.45, 2.75) is 170 Å². The van der Waals surface area contributed by atoms with Gasteiger partial charge in [-0.2, -0.15) is 0 Å². The van der Waals surface area contributed by atoms with E-state index in [2.05, 4.69) is 57.4 Å². The van der Waals surface area contributed by atoms with Gasteiger partial charge in [-0.25, -0.2) is 0 Å². The van der Waals surface area contributed by atoms with Crippen molar-refractivity contribution in [3.05, 3.63) is 17.0 Å². The fourth-order valence-corrected chi connectivity index (χ4v) is 27.0. The SMILES string of the molecule is CCCCCCCCC(CCCCCC)Cc1ccs[c]1[Sn]([CH2]CCC)([CH2]CCC)[CH2]CCC. The fourth-order valence-electron chi connectivity index (χ4n) is 5.96. The molecule has 0 aromatic carbocycles. The zero-order valence-electron chi connectivity index (χ0n) is 24.2. The Balaban J connectivity index is 2.97. The van der Waals surface area contributed by atoms with E-state index in [4.69, 9.17) is 0 Å². The Kier molecular flexibility index (Phi) is 20.6. The minimum absolute atomic E-state index is 0.934. The van der Waals surface area contributed by atoms with E-state index in [1.54, 1.807) is 13.3 Å². The van der Waals surface area contributed by atoms with Crippen molar-refractivity contribution < 1.29 is 0 Å². The summed E-state index contributed by atoms with van der Waals surface area (Å²) in [5.41, 5.74) is 1.84. The van der Waals surface area contributed by atoms with Gasteiger partial charge in [0, 0.05) is 0 Å². The van der Waals surface area contributed by atoms with Crippen molar-refractivity contribution >= 4 is 32.6 Å². The predicted molar refractivity (Wildman–Crippen MR) is 163 cm³/mol. The third kappa shape index (κ3) is 13.2. The van der Waals surface area contributed by atoms with E-state index in [0.29, 0.717) is 0 Å². The molecule has 0 aliphatic carbocycles. The van der Waals surface area contributed by atoms with Crippen LogP contribution in [-0.4, -0.2) is 18.4 Å². The number of hydrogen-bond acceptors (Lipinski definition) is 1. The van der Waals surface area contributed by atoms with Gasteiger partial charge in [0.25, 0.3) is 0 Å². The van der Waals surface area contributed by atoms with Crippen LogP contribution in [0.4, 0.5) is 0 Å². The molecule has 1 rings (SSSR count). The first kappa shape index (κ1) is 32.5. The van der Waals surface area contributed by atoms with Crippen LogP contribution >= 0.6 is 11.3 Å². The summed E-state index contributed by atoms with van der Waals surface area (Å²) in [5, 5.41) is 2.50. The Hall–Kier alpha value is 0.499. The summed E-state index contributed by atoms with van der Waals surface area (Å²) in [4.78, 5) is 0. The van der Waals surface area contributed by atoms with Gasteiger partial charge in [0.15, 0.2) is 0 Å². The van der Waals surface area contributed by atoms with Crippen LogP contribution in [0.1, 0.15) is 156 Å². The van der Waals surface area contributed by atoms with E-state index in [0.717, 1.165) is 5.92 Å². The van der Waals surface area contributed by atoms with Crippen molar-refractivity contribution in [2.24, 2.45) is 5.92 Å². The van der Waals surface area contributed by atoms with Crippen LogP contribution in [0.5, 0.6) is 0 Å². The molecule has 34 heavy (non-hydrogen) atoms. The van der Waals surface area contributed by atoms with Gasteiger partial charge < -0.3 is 0 Å². The second-order valence-corrected chi connectivity index (χ2v) is 26.3. The normalized spacial score (nSPS) is 13.0. The molecule has 0 radical (unpaired) electrons. The summed E-state index contributed by atoms with van der Waals surface area (Å²) in [6, 6.07) is 2.59. The summed E-state index contributed by atoms with van der Waals surface area (Å²) in [6.45, 7) is 11.9. The molecule has 0 nitrogen and oxygen atoms in total. The molecule has 2 heteroatoms. The Labute approximate surface area is 224 Å². The third-order valence-corrected chi connectivity index (χ3v) is 27.8. The molecule has 1 atom stereocenters. The second-order valence-electron chi connectivity index (χ2n) is 11.3. The molecule has 1 unspecified atom stereocenters. The van der Waals surface area contributed by atoms with Gasteiger partial charge in [0.2, 0.25) is 0 Å². The predicted octanol–water partition coefficient (Wildman–Crippen LogP) is 11.7. The Morgan fingerprint density at radius 1 is 0.588 bits per heavy atom. The fraction of sp³-hybridized carbons (Fsp3) is 0.875. The van der Waals surface area contributed by atoms with E-state index in [-0.39, 0.29) is 0 Å². The van der Waals surface area contributed by atoms with Crippen molar-refractivity contribution in [1.29, 1.82) is 0 Å². The second kappa shape index (κ2) is 21.6. The summed E-state index contributed by atoms with van der Waals surface area (Å²) in [6.07, 6.45) is 27.3. The molecule has 0 saturated carbocycles. The molecular formula is C32H62SSn. The van der Waals surface area contributed by atoms with Crippen LogP contribution < -0.4 is 2.89 Å². The summed E-state index contributed by atoms with van der Waals surface area (Å²) in [5.74, 6) is 0.934. The van der Waals surface area contributed by atoms with Gasteiger partial charge in [-0.15, -0.1) is 0 Å². The van der Waals surface area contributed by atoms with Crippen LogP contribution in [-0.2, 0) is 6.42 Å². The van der Waals surface area contributed by atoms with Gasteiger partial charge >= 0.3 is 225 Å². The molecule has 200 valence electrons. The maximum atomic E-state index is 2.59. The molecular weight excluding hydrogens is 535 g/mol. The van der Waals surface area contributed by atoms with Gasteiger partial charge in [-0.05, 0) is 0 Å². The average molecular weight is 598 g/mol. The Morgan fingerprint density at radius 2 is 1.03 bits per heavy atom. The first-order chi connectivity index (χ1) is 16.7. The van der Waals surface area contributed by atoms with E-state index in [9.17, 15) is 0 Å². The molecule has 0 saturated heterocycles. The molecule has 0 bridgehead atoms. The molecule has 0 aliphatic rings. The van der Waals surface area contributed by atoms with E-state index >= 15 is 0 Å². The molecule has 0 fully saturated rings. The Bertz CT molecular complexity index is 541. The first-order valence-electron chi connectivity index (χ1n) is 15.7. The van der Waals surface area contributed by atoms with Gasteiger partial charge in [-0.3, -0.25) is 0 Å². The molecule has 1 aromatic heterocycles. The number of rotatable bonds is 24. The molecule has 0 aliphatic heterocycles. The number of hydrogen-bond donors (Lipinski definition) is 0. The average Bonchev–Trinajstić information content (AvgIpc) is 3.32. The van der Waals surface area contributed by atoms with Gasteiger partial charge in [0.1, 0.15) is 0 Å². The van der Waals surface area contributed by atoms with Crippen LogP contribution in [0.15, 0.2) is 11.4 Å². The van der Waals surface area contributed by atoms with Crippen LogP contribution in [0, 0.1) is 5.92 Å².